The molecule has 1 aliphatic carbocycles. The van der Waals surface area contributed by atoms with Crippen LogP contribution in [-0.2, 0) is 0 Å². The maximum absolute atomic E-state index is 12.7. The molecular formula is C15H22BrN5O. The second-order valence-corrected chi connectivity index (χ2v) is 7.35. The van der Waals surface area contributed by atoms with Gasteiger partial charge in [0.05, 0.1) is 10.2 Å². The van der Waals surface area contributed by atoms with E-state index in [1.54, 1.807) is 0 Å². The summed E-state index contributed by atoms with van der Waals surface area (Å²) in [7, 11) is 0. The molecule has 1 atom stereocenters. The van der Waals surface area contributed by atoms with Gasteiger partial charge >= 0.3 is 0 Å². The van der Waals surface area contributed by atoms with Gasteiger partial charge in [-0.15, -0.1) is 0 Å². The van der Waals surface area contributed by atoms with Crippen LogP contribution in [0.3, 0.4) is 0 Å². The van der Waals surface area contributed by atoms with Crippen LogP contribution in [0.25, 0.3) is 0 Å². The highest BCUT2D eigenvalue weighted by molar-refractivity contribution is 9.10. The summed E-state index contributed by atoms with van der Waals surface area (Å²) in [6.45, 7) is 5.96. The van der Waals surface area contributed by atoms with Crippen molar-refractivity contribution in [2.24, 2.45) is 0 Å². The molecule has 0 bridgehead atoms. The predicted octanol–water partition coefficient (Wildman–Crippen LogP) is 1.17. The highest BCUT2D eigenvalue weighted by atomic mass is 79.9. The number of H-pyrrole nitrogens is 1. The fraction of sp³-hybridized carbons (Fsp3) is 0.733. The van der Waals surface area contributed by atoms with E-state index in [1.165, 1.54) is 12.8 Å². The van der Waals surface area contributed by atoms with Crippen molar-refractivity contribution in [3.8, 4) is 0 Å². The maximum atomic E-state index is 12.7. The quantitative estimate of drug-likeness (QED) is 0.841. The van der Waals surface area contributed by atoms with Crippen molar-refractivity contribution in [1.82, 2.24) is 25.3 Å². The SMILES string of the molecule is O=C(c1n[nH]c(C2CC2)c1Br)N1CCC(N2CCNCC2)C1. The van der Waals surface area contributed by atoms with E-state index in [0.717, 1.165) is 55.9 Å². The molecular weight excluding hydrogens is 346 g/mol. The zero-order chi connectivity index (χ0) is 15.1. The minimum absolute atomic E-state index is 0.0626. The van der Waals surface area contributed by atoms with Gasteiger partial charge in [0.1, 0.15) is 0 Å². The Morgan fingerprint density at radius 2 is 1.95 bits per heavy atom. The zero-order valence-electron chi connectivity index (χ0n) is 12.6. The third kappa shape index (κ3) is 2.70. The van der Waals surface area contributed by atoms with Gasteiger partial charge in [0.25, 0.3) is 5.91 Å². The fourth-order valence-corrected chi connectivity index (χ4v) is 4.22. The fourth-order valence-electron chi connectivity index (χ4n) is 3.55. The minimum atomic E-state index is 0.0626. The van der Waals surface area contributed by atoms with Crippen LogP contribution in [0.4, 0.5) is 0 Å². The first-order valence-corrected chi connectivity index (χ1v) is 9.01. The maximum Gasteiger partial charge on any atom is 0.275 e. The van der Waals surface area contributed by atoms with Gasteiger partial charge in [-0.3, -0.25) is 14.8 Å². The average molecular weight is 368 g/mol. The van der Waals surface area contributed by atoms with Crippen molar-refractivity contribution in [2.45, 2.75) is 31.2 Å². The van der Waals surface area contributed by atoms with Gasteiger partial charge in [-0.2, -0.15) is 5.10 Å². The largest absolute Gasteiger partial charge is 0.336 e. The third-order valence-electron chi connectivity index (χ3n) is 5.04. The number of carbonyl (C=O) groups is 1. The number of halogens is 1. The Hall–Kier alpha value is -0.920. The number of rotatable bonds is 3. The second-order valence-electron chi connectivity index (χ2n) is 6.55. The van der Waals surface area contributed by atoms with Gasteiger partial charge in [-0.25, -0.2) is 0 Å². The van der Waals surface area contributed by atoms with Gasteiger partial charge in [-0.1, -0.05) is 0 Å². The number of hydrogen-bond donors (Lipinski definition) is 2. The van der Waals surface area contributed by atoms with Crippen LogP contribution in [0.1, 0.15) is 41.4 Å². The normalized spacial score (nSPS) is 26.6. The smallest absolute Gasteiger partial charge is 0.275 e. The van der Waals surface area contributed by atoms with Gasteiger partial charge in [0.2, 0.25) is 0 Å². The lowest BCUT2D eigenvalue weighted by molar-refractivity contribution is 0.0767. The van der Waals surface area contributed by atoms with Crippen LogP contribution < -0.4 is 5.32 Å². The third-order valence-corrected chi connectivity index (χ3v) is 5.84. The summed E-state index contributed by atoms with van der Waals surface area (Å²) in [4.78, 5) is 17.2. The first-order chi connectivity index (χ1) is 10.7. The summed E-state index contributed by atoms with van der Waals surface area (Å²) in [6, 6.07) is 0.506. The molecule has 3 aliphatic rings. The molecule has 2 N–H and O–H groups in total. The molecule has 1 unspecified atom stereocenters. The van der Waals surface area contributed by atoms with Gasteiger partial charge < -0.3 is 10.2 Å². The highest BCUT2D eigenvalue weighted by Gasteiger charge is 2.35. The van der Waals surface area contributed by atoms with E-state index < -0.39 is 0 Å². The number of hydrogen-bond acceptors (Lipinski definition) is 4. The van der Waals surface area contributed by atoms with E-state index in [2.05, 4.69) is 36.3 Å². The molecule has 1 amide bonds. The van der Waals surface area contributed by atoms with Crippen LogP contribution in [0, 0.1) is 0 Å². The molecule has 3 heterocycles. The number of amides is 1. The first kappa shape index (κ1) is 14.7. The van der Waals surface area contributed by atoms with E-state index in [1.807, 2.05) is 4.90 Å². The Labute approximate surface area is 138 Å². The molecule has 2 saturated heterocycles. The number of carbonyl (C=O) groups excluding carboxylic acids is 1. The summed E-state index contributed by atoms with van der Waals surface area (Å²) in [6.07, 6.45) is 3.47. The standard InChI is InChI=1S/C15H22BrN5O/c16-12-13(10-1-2-10)18-19-14(12)15(22)21-6-3-11(9-21)20-7-4-17-5-8-20/h10-11,17H,1-9H2,(H,18,19). The van der Waals surface area contributed by atoms with Crippen LogP contribution in [0.5, 0.6) is 0 Å². The van der Waals surface area contributed by atoms with E-state index in [9.17, 15) is 4.79 Å². The summed E-state index contributed by atoms with van der Waals surface area (Å²) < 4.78 is 0.880. The van der Waals surface area contributed by atoms with Gasteiger partial charge in [0.15, 0.2) is 5.69 Å². The molecule has 0 spiro atoms. The van der Waals surface area contributed by atoms with Crippen LogP contribution in [0.15, 0.2) is 4.47 Å². The van der Waals surface area contributed by atoms with Crippen molar-refractivity contribution in [3.63, 3.8) is 0 Å². The van der Waals surface area contributed by atoms with Crippen molar-refractivity contribution in [1.29, 1.82) is 0 Å². The lowest BCUT2D eigenvalue weighted by atomic mass is 10.2. The Kier molecular flexibility index (Phi) is 3.96. The van der Waals surface area contributed by atoms with Crippen molar-refractivity contribution in [3.05, 3.63) is 15.9 Å². The van der Waals surface area contributed by atoms with E-state index in [4.69, 9.17) is 0 Å². The van der Waals surface area contributed by atoms with E-state index in [-0.39, 0.29) is 5.91 Å². The molecule has 3 fully saturated rings. The molecule has 1 saturated carbocycles. The van der Waals surface area contributed by atoms with Gasteiger partial charge in [0, 0.05) is 51.2 Å². The lowest BCUT2D eigenvalue weighted by Crippen LogP contribution is -2.49. The van der Waals surface area contributed by atoms with Crippen molar-refractivity contribution >= 4 is 21.8 Å². The first-order valence-electron chi connectivity index (χ1n) is 8.22. The van der Waals surface area contributed by atoms with Crippen LogP contribution in [-0.4, -0.2) is 71.2 Å². The Balaban J connectivity index is 1.43. The Bertz CT molecular complexity index is 564. The highest BCUT2D eigenvalue weighted by Crippen LogP contribution is 2.43. The number of aromatic nitrogens is 2. The summed E-state index contributed by atoms with van der Waals surface area (Å²) in [5, 5.41) is 10.7. The lowest BCUT2D eigenvalue weighted by Gasteiger charge is -2.32. The molecule has 4 rings (SSSR count). The number of likely N-dealkylation sites (tertiary alicyclic amines) is 1. The number of aromatic amines is 1. The summed E-state index contributed by atoms with van der Waals surface area (Å²) in [5.74, 6) is 0.628. The van der Waals surface area contributed by atoms with Gasteiger partial charge in [-0.05, 0) is 35.2 Å². The molecule has 0 radical (unpaired) electrons. The van der Waals surface area contributed by atoms with Crippen molar-refractivity contribution < 1.29 is 4.79 Å². The molecule has 0 aromatic carbocycles. The number of nitrogens with zero attached hydrogens (tertiary/aromatic N) is 3. The van der Waals surface area contributed by atoms with E-state index >= 15 is 0 Å². The van der Waals surface area contributed by atoms with E-state index in [0.29, 0.717) is 17.7 Å². The predicted molar refractivity (Wildman–Crippen MR) is 87.0 cm³/mol. The molecule has 1 aromatic heterocycles. The summed E-state index contributed by atoms with van der Waals surface area (Å²) in [5.41, 5.74) is 1.66. The van der Waals surface area contributed by atoms with Crippen LogP contribution in [0.2, 0.25) is 0 Å². The number of piperazine rings is 1. The summed E-state index contributed by atoms with van der Waals surface area (Å²) >= 11 is 3.57. The van der Waals surface area contributed by atoms with Crippen LogP contribution >= 0.6 is 15.9 Å². The van der Waals surface area contributed by atoms with Crippen molar-refractivity contribution in [2.75, 3.05) is 39.3 Å². The minimum Gasteiger partial charge on any atom is -0.336 e. The molecule has 2 aliphatic heterocycles. The average Bonchev–Trinajstić information content (AvgIpc) is 3.13. The topological polar surface area (TPSA) is 64.3 Å². The second kappa shape index (κ2) is 5.94. The molecule has 1 aromatic rings. The molecule has 22 heavy (non-hydrogen) atoms. The monoisotopic (exact) mass is 367 g/mol. The zero-order valence-corrected chi connectivity index (χ0v) is 14.2. The Morgan fingerprint density at radius 1 is 1.18 bits per heavy atom. The number of nitrogens with one attached hydrogen (secondary N) is 2. The molecule has 120 valence electrons. The molecule has 7 heteroatoms. The Morgan fingerprint density at radius 3 is 2.68 bits per heavy atom. The molecule has 6 nitrogen and oxygen atoms in total.